The van der Waals surface area contributed by atoms with Crippen LogP contribution in [-0.4, -0.2) is 72.2 Å². The molecule has 1 heterocycles. The summed E-state index contributed by atoms with van der Waals surface area (Å²) >= 11 is 6.12. The van der Waals surface area contributed by atoms with Crippen LogP contribution in [0.2, 0.25) is 5.02 Å². The minimum Gasteiger partial charge on any atom is -0.497 e. The lowest BCUT2D eigenvalue weighted by molar-refractivity contribution is -0.165. The van der Waals surface area contributed by atoms with Gasteiger partial charge >= 0.3 is 12.1 Å². The number of ketones is 1. The summed E-state index contributed by atoms with van der Waals surface area (Å²) in [6, 6.07) is 11.6. The zero-order valence-corrected chi connectivity index (χ0v) is 27.0. The number of hydrogen-bond acceptors (Lipinski definition) is 7. The first-order chi connectivity index (χ1) is 23.6. The van der Waals surface area contributed by atoms with Gasteiger partial charge in [-0.15, -0.1) is 0 Å². The van der Waals surface area contributed by atoms with Crippen molar-refractivity contribution < 1.29 is 50.7 Å². The van der Waals surface area contributed by atoms with Crippen LogP contribution >= 0.6 is 11.6 Å². The van der Waals surface area contributed by atoms with Crippen LogP contribution in [0.1, 0.15) is 40.5 Å². The number of methoxy groups -OCH3 is 1. The summed E-state index contributed by atoms with van der Waals surface area (Å²) in [4.78, 5) is 69.6. The Labute approximate surface area is 287 Å². The molecule has 50 heavy (non-hydrogen) atoms. The number of nitrogens with zero attached hydrogens (tertiary/aromatic N) is 1. The first kappa shape index (κ1) is 37.7. The van der Waals surface area contributed by atoms with E-state index in [1.165, 1.54) is 43.6 Å². The summed E-state index contributed by atoms with van der Waals surface area (Å²) < 4.78 is 72.5. The van der Waals surface area contributed by atoms with Crippen LogP contribution < -0.4 is 26.0 Å². The number of aromatic nitrogens is 1. The Kier molecular flexibility index (Phi) is 12.1. The molecule has 17 heteroatoms. The number of pyridine rings is 1. The topological polar surface area (TPSA) is 156 Å². The average molecular weight is 724 g/mol. The van der Waals surface area contributed by atoms with E-state index >= 15 is 0 Å². The second-order valence-corrected chi connectivity index (χ2v) is 11.8. The molecule has 4 N–H and O–H groups in total. The van der Waals surface area contributed by atoms with Crippen molar-refractivity contribution >= 4 is 41.0 Å². The molecular weight excluding hydrogens is 693 g/mol. The Bertz CT molecular complexity index is 1710. The number of carbonyl (C=O) groups is 5. The fourth-order valence-electron chi connectivity index (χ4n) is 4.84. The van der Waals surface area contributed by atoms with Gasteiger partial charge in [0, 0.05) is 17.6 Å². The molecule has 4 rings (SSSR count). The lowest BCUT2D eigenvalue weighted by Crippen LogP contribution is -2.58. The lowest BCUT2D eigenvalue weighted by atomic mass is 9.99. The van der Waals surface area contributed by atoms with Crippen LogP contribution in [0, 0.1) is 5.92 Å². The van der Waals surface area contributed by atoms with E-state index in [-0.39, 0.29) is 30.5 Å². The van der Waals surface area contributed by atoms with E-state index in [0.717, 1.165) is 5.32 Å². The minimum absolute atomic E-state index is 0.0215. The molecule has 2 aromatic carbocycles. The van der Waals surface area contributed by atoms with Gasteiger partial charge in [-0.1, -0.05) is 41.9 Å². The molecule has 3 unspecified atom stereocenters. The van der Waals surface area contributed by atoms with Crippen LogP contribution in [0.5, 0.6) is 5.75 Å². The first-order valence-electron chi connectivity index (χ1n) is 15.1. The second kappa shape index (κ2) is 16.1. The fourth-order valence-corrected chi connectivity index (χ4v) is 5.05. The Hall–Kier alpha value is -5.12. The average Bonchev–Trinajstić information content (AvgIpc) is 3.93. The smallest absolute Gasteiger partial charge is 0.405 e. The van der Waals surface area contributed by atoms with E-state index in [0.29, 0.717) is 16.3 Å². The number of rotatable bonds is 15. The number of Topliss-reactive ketones (excluding diaryl/α,β-unsaturated/α-hetero) is 1. The van der Waals surface area contributed by atoms with Gasteiger partial charge in [0.05, 0.1) is 13.2 Å². The number of amides is 4. The van der Waals surface area contributed by atoms with Gasteiger partial charge in [-0.25, -0.2) is 0 Å². The Morgan fingerprint density at radius 1 is 0.900 bits per heavy atom. The van der Waals surface area contributed by atoms with Gasteiger partial charge in [0.1, 0.15) is 30.1 Å². The summed E-state index contributed by atoms with van der Waals surface area (Å²) in [7, 11) is 1.38. The number of halogens is 6. The van der Waals surface area contributed by atoms with Crippen LogP contribution in [0.3, 0.4) is 0 Å². The van der Waals surface area contributed by atoms with Crippen molar-refractivity contribution in [2.45, 2.75) is 49.5 Å². The summed E-state index contributed by atoms with van der Waals surface area (Å²) in [6.45, 7) is -2.10. The predicted octanol–water partition coefficient (Wildman–Crippen LogP) is 3.72. The van der Waals surface area contributed by atoms with E-state index in [1.807, 2.05) is 0 Å². The molecule has 0 radical (unpaired) electrons. The molecule has 11 nitrogen and oxygen atoms in total. The molecule has 1 aromatic heterocycles. The van der Waals surface area contributed by atoms with Crippen molar-refractivity contribution in [2.75, 3.05) is 13.7 Å². The largest absolute Gasteiger partial charge is 0.497 e. The number of ether oxygens (including phenoxy) is 1. The van der Waals surface area contributed by atoms with Crippen molar-refractivity contribution in [3.63, 3.8) is 0 Å². The van der Waals surface area contributed by atoms with Crippen molar-refractivity contribution in [1.29, 1.82) is 0 Å². The molecule has 3 aromatic rings. The van der Waals surface area contributed by atoms with Crippen molar-refractivity contribution in [3.05, 3.63) is 94.8 Å². The quantitative estimate of drug-likeness (QED) is 0.138. The SMILES string of the molecule is COc1ccc(C(NC(=O)C(Cc2cccc(Cl)c2)NC(=O)c2ccccn2)C(=O)NC(C(=O)C(F)(F)C(=O)NCC(F)(F)F)C2CC2)cc1. The summed E-state index contributed by atoms with van der Waals surface area (Å²) in [6.07, 6.45) is -3.39. The second-order valence-electron chi connectivity index (χ2n) is 11.4. The standard InChI is InChI=1S/C33H31ClF5N5O6/c1-50-22-12-10-20(11-13-22)26(30(48)43-25(19-8-9-19)27(45)33(38,39)31(49)41-17-32(35,36)37)44-29(47)24(16-18-5-4-6-21(34)15-18)42-28(46)23-7-2-3-14-40-23/h2-7,10-15,19,24-26H,8-9,16-17H2,1H3,(H,41,49)(H,42,46)(H,43,48)(H,44,47). The maximum absolute atomic E-state index is 14.9. The van der Waals surface area contributed by atoms with Crippen molar-refractivity contribution in [1.82, 2.24) is 26.3 Å². The molecule has 4 amide bonds. The van der Waals surface area contributed by atoms with Gasteiger partial charge < -0.3 is 26.0 Å². The van der Waals surface area contributed by atoms with Crippen molar-refractivity contribution in [2.24, 2.45) is 5.92 Å². The molecule has 0 saturated heterocycles. The molecule has 0 spiro atoms. The Morgan fingerprint density at radius 3 is 2.18 bits per heavy atom. The third-order valence-electron chi connectivity index (χ3n) is 7.56. The molecule has 3 atom stereocenters. The Morgan fingerprint density at radius 2 is 1.60 bits per heavy atom. The summed E-state index contributed by atoms with van der Waals surface area (Å²) in [5.41, 5.74) is 0.604. The molecule has 1 aliphatic carbocycles. The molecule has 1 fully saturated rings. The van der Waals surface area contributed by atoms with Gasteiger partial charge in [-0.3, -0.25) is 29.0 Å². The highest BCUT2D eigenvalue weighted by Crippen LogP contribution is 2.36. The van der Waals surface area contributed by atoms with Crippen LogP contribution in [0.4, 0.5) is 22.0 Å². The third-order valence-corrected chi connectivity index (χ3v) is 7.80. The highest BCUT2D eigenvalue weighted by Gasteiger charge is 2.54. The number of hydrogen-bond donors (Lipinski definition) is 4. The number of benzene rings is 2. The minimum atomic E-state index is -5.02. The first-order valence-corrected chi connectivity index (χ1v) is 15.4. The normalized spacial score (nSPS) is 14.8. The number of alkyl halides is 5. The van der Waals surface area contributed by atoms with Gasteiger partial charge in [-0.05, 0) is 66.3 Å². The van der Waals surface area contributed by atoms with Gasteiger partial charge in [-0.2, -0.15) is 22.0 Å². The van der Waals surface area contributed by atoms with Crippen molar-refractivity contribution in [3.8, 4) is 5.75 Å². The molecular formula is C33H31ClF5N5O6. The van der Waals surface area contributed by atoms with E-state index in [1.54, 1.807) is 36.4 Å². The molecule has 0 aliphatic heterocycles. The maximum atomic E-state index is 14.9. The Balaban J connectivity index is 1.62. The van der Waals surface area contributed by atoms with E-state index < -0.39 is 72.1 Å². The molecule has 1 saturated carbocycles. The van der Waals surface area contributed by atoms with E-state index in [2.05, 4.69) is 20.9 Å². The lowest BCUT2D eigenvalue weighted by Gasteiger charge is -2.27. The molecule has 0 bridgehead atoms. The summed E-state index contributed by atoms with van der Waals surface area (Å²) in [5, 5.41) is 8.59. The zero-order valence-electron chi connectivity index (χ0n) is 26.2. The molecule has 266 valence electrons. The van der Waals surface area contributed by atoms with Gasteiger partial charge in [0.2, 0.25) is 17.6 Å². The number of carbonyl (C=O) groups excluding carboxylic acids is 5. The van der Waals surface area contributed by atoms with Crippen LogP contribution in [0.15, 0.2) is 72.9 Å². The number of nitrogens with one attached hydrogen (secondary N) is 4. The monoisotopic (exact) mass is 723 g/mol. The highest BCUT2D eigenvalue weighted by atomic mass is 35.5. The third kappa shape index (κ3) is 10.2. The van der Waals surface area contributed by atoms with Crippen LogP contribution in [-0.2, 0) is 25.6 Å². The zero-order chi connectivity index (χ0) is 36.6. The van der Waals surface area contributed by atoms with Crippen LogP contribution in [0.25, 0.3) is 0 Å². The fraction of sp³-hybridized carbons (Fsp3) is 0.333. The van der Waals surface area contributed by atoms with Gasteiger partial charge in [0.25, 0.3) is 11.8 Å². The maximum Gasteiger partial charge on any atom is 0.405 e. The summed E-state index contributed by atoms with van der Waals surface area (Å²) in [5.74, 6) is -12.8. The predicted molar refractivity (Wildman–Crippen MR) is 168 cm³/mol. The van der Waals surface area contributed by atoms with Gasteiger partial charge in [0.15, 0.2) is 0 Å². The molecule has 1 aliphatic rings. The highest BCUT2D eigenvalue weighted by molar-refractivity contribution is 6.30. The van der Waals surface area contributed by atoms with E-state index in [9.17, 15) is 45.9 Å². The van der Waals surface area contributed by atoms with E-state index in [4.69, 9.17) is 16.3 Å².